The molecule has 234 valence electrons. The normalized spacial score (nSPS) is 21.7. The number of carbonyl (C=O) groups excluding carboxylic acids is 1. The minimum Gasteiger partial charge on any atom is -0.488 e. The van der Waals surface area contributed by atoms with Crippen LogP contribution in [0.1, 0.15) is 55.4 Å². The summed E-state index contributed by atoms with van der Waals surface area (Å²) in [5.41, 5.74) is 6.03. The second-order valence-electron chi connectivity index (χ2n) is 13.1. The number of carbonyl (C=O) groups is 2. The summed E-state index contributed by atoms with van der Waals surface area (Å²) in [6.07, 6.45) is 2.86. The molecule has 1 N–H and O–H groups in total. The number of nitrogens with zero attached hydrogens (tertiary/aromatic N) is 4. The molecular formula is C35H44N4O4S. The number of benzene rings is 2. The van der Waals surface area contributed by atoms with Crippen LogP contribution in [0.25, 0.3) is 11.3 Å². The summed E-state index contributed by atoms with van der Waals surface area (Å²) >= 11 is 1.60. The van der Waals surface area contributed by atoms with E-state index in [0.29, 0.717) is 31.4 Å². The van der Waals surface area contributed by atoms with Crippen molar-refractivity contribution in [2.75, 3.05) is 44.2 Å². The van der Waals surface area contributed by atoms with Crippen molar-refractivity contribution < 1.29 is 19.4 Å². The number of ether oxygens (including phenoxy) is 1. The number of aromatic nitrogens is 1. The third-order valence-corrected chi connectivity index (χ3v) is 10.6. The van der Waals surface area contributed by atoms with Gasteiger partial charge in [-0.2, -0.15) is 0 Å². The lowest BCUT2D eigenvalue weighted by molar-refractivity contribution is -0.143. The first kappa shape index (κ1) is 30.6. The van der Waals surface area contributed by atoms with Crippen molar-refractivity contribution in [1.29, 1.82) is 0 Å². The maximum atomic E-state index is 12.4. The Morgan fingerprint density at radius 3 is 2.55 bits per heavy atom. The van der Waals surface area contributed by atoms with Crippen LogP contribution in [0.15, 0.2) is 41.8 Å². The average molecular weight is 617 g/mol. The zero-order chi connectivity index (χ0) is 31.0. The molecule has 0 spiro atoms. The van der Waals surface area contributed by atoms with Gasteiger partial charge in [0.25, 0.3) is 0 Å². The molecule has 2 aromatic carbocycles. The van der Waals surface area contributed by atoms with Gasteiger partial charge >= 0.3 is 5.97 Å². The minimum atomic E-state index is -0.707. The lowest BCUT2D eigenvalue weighted by Crippen LogP contribution is -2.48. The molecule has 2 saturated carbocycles. The highest BCUT2D eigenvalue weighted by atomic mass is 32.1. The largest absolute Gasteiger partial charge is 0.488 e. The first-order valence-electron chi connectivity index (χ1n) is 15.9. The van der Waals surface area contributed by atoms with Crippen LogP contribution in [0.3, 0.4) is 0 Å². The number of hydrogen-bond acceptors (Lipinski definition) is 7. The maximum Gasteiger partial charge on any atom is 0.309 e. The van der Waals surface area contributed by atoms with E-state index < -0.39 is 11.4 Å². The Labute approximate surface area is 264 Å². The fraction of sp³-hybridized carbons (Fsp3) is 0.514. The smallest absolute Gasteiger partial charge is 0.309 e. The fourth-order valence-electron chi connectivity index (χ4n) is 6.24. The molecule has 44 heavy (non-hydrogen) atoms. The molecule has 1 aliphatic heterocycles. The van der Waals surface area contributed by atoms with E-state index in [9.17, 15) is 14.7 Å². The van der Waals surface area contributed by atoms with Crippen LogP contribution in [0.2, 0.25) is 0 Å². The third kappa shape index (κ3) is 6.64. The summed E-state index contributed by atoms with van der Waals surface area (Å²) in [7, 11) is 0. The van der Waals surface area contributed by atoms with E-state index in [1.165, 1.54) is 11.1 Å². The van der Waals surface area contributed by atoms with Gasteiger partial charge in [0.2, 0.25) is 5.91 Å². The highest BCUT2D eigenvalue weighted by Gasteiger charge is 2.56. The SMILES string of the molecule is CCN(C[C@@H]1C[C@@]1(C)C(=O)O)c1nc(-c2cc(C)ccc2OCc2ccc(CN3CCN(C(=O)C4CC4)CC3)cc2C)cs1. The number of rotatable bonds is 12. The summed E-state index contributed by atoms with van der Waals surface area (Å²) in [6.45, 7) is 14.5. The van der Waals surface area contributed by atoms with Crippen LogP contribution in [0.4, 0.5) is 5.13 Å². The van der Waals surface area contributed by atoms with Crippen molar-refractivity contribution in [2.45, 2.75) is 60.1 Å². The number of thiazole rings is 1. The van der Waals surface area contributed by atoms with Gasteiger partial charge in [-0.15, -0.1) is 11.3 Å². The Hall–Kier alpha value is -3.43. The van der Waals surface area contributed by atoms with Gasteiger partial charge in [-0.1, -0.05) is 29.8 Å². The summed E-state index contributed by atoms with van der Waals surface area (Å²) in [6, 6.07) is 12.9. The summed E-state index contributed by atoms with van der Waals surface area (Å²) in [4.78, 5) is 35.7. The van der Waals surface area contributed by atoms with Crippen LogP contribution in [-0.4, -0.2) is 71.0 Å². The predicted molar refractivity (Wildman–Crippen MR) is 174 cm³/mol. The summed E-state index contributed by atoms with van der Waals surface area (Å²) in [5, 5.41) is 12.5. The van der Waals surface area contributed by atoms with Crippen LogP contribution < -0.4 is 9.64 Å². The lowest BCUT2D eigenvalue weighted by Gasteiger charge is -2.35. The Morgan fingerprint density at radius 1 is 1.11 bits per heavy atom. The molecule has 3 fully saturated rings. The quantitative estimate of drug-likeness (QED) is 0.267. The van der Waals surface area contributed by atoms with E-state index in [-0.39, 0.29) is 5.92 Å². The Kier molecular flexibility index (Phi) is 8.70. The van der Waals surface area contributed by atoms with Crippen LogP contribution in [0, 0.1) is 31.1 Å². The maximum absolute atomic E-state index is 12.4. The van der Waals surface area contributed by atoms with Gasteiger partial charge in [0.15, 0.2) is 5.13 Å². The zero-order valence-electron chi connectivity index (χ0n) is 26.3. The summed E-state index contributed by atoms with van der Waals surface area (Å²) < 4.78 is 6.42. The van der Waals surface area contributed by atoms with Crippen molar-refractivity contribution in [3.63, 3.8) is 0 Å². The van der Waals surface area contributed by atoms with E-state index >= 15 is 0 Å². The number of aryl methyl sites for hydroxylation is 2. The number of aliphatic carboxylic acids is 1. The molecule has 3 aromatic rings. The molecule has 3 aliphatic rings. The van der Waals surface area contributed by atoms with Gasteiger partial charge in [0, 0.05) is 62.7 Å². The zero-order valence-corrected chi connectivity index (χ0v) is 27.2. The lowest BCUT2D eigenvalue weighted by atomic mass is 10.0. The van der Waals surface area contributed by atoms with E-state index in [4.69, 9.17) is 9.72 Å². The highest BCUT2D eigenvalue weighted by Crippen LogP contribution is 2.53. The fourth-order valence-corrected chi connectivity index (χ4v) is 7.14. The van der Waals surface area contributed by atoms with Crippen LogP contribution in [0.5, 0.6) is 5.75 Å². The van der Waals surface area contributed by atoms with Gasteiger partial charge in [0.1, 0.15) is 12.4 Å². The molecule has 9 heteroatoms. The molecule has 0 unspecified atom stereocenters. The second kappa shape index (κ2) is 12.5. The minimum absolute atomic E-state index is 0.146. The number of hydrogen-bond donors (Lipinski definition) is 1. The molecule has 2 heterocycles. The highest BCUT2D eigenvalue weighted by molar-refractivity contribution is 7.14. The number of anilines is 1. The van der Waals surface area contributed by atoms with Gasteiger partial charge in [-0.3, -0.25) is 14.5 Å². The van der Waals surface area contributed by atoms with Gasteiger partial charge in [-0.25, -0.2) is 4.98 Å². The van der Waals surface area contributed by atoms with E-state index in [2.05, 4.69) is 71.2 Å². The third-order valence-electron chi connectivity index (χ3n) is 9.70. The van der Waals surface area contributed by atoms with Crippen molar-refractivity contribution in [3.05, 3.63) is 64.0 Å². The van der Waals surface area contributed by atoms with Gasteiger partial charge in [-0.05, 0) is 81.7 Å². The second-order valence-corrected chi connectivity index (χ2v) is 13.9. The number of carboxylic acids is 1. The standard InChI is InChI=1S/C35H44N4O4S/c1-5-38(20-28-18-35(28,4)33(41)42)34-36-30(22-44-34)29-16-23(2)6-11-31(29)43-21-27-8-7-25(17-24(27)3)19-37-12-14-39(15-13-37)32(40)26-9-10-26/h6-8,11,16-17,22,26,28H,5,9-10,12-15,18-21H2,1-4H3,(H,41,42)/t28-,35+/m0/s1. The Bertz CT molecular complexity index is 1530. The van der Waals surface area contributed by atoms with Crippen LogP contribution in [-0.2, 0) is 22.7 Å². The predicted octanol–water partition coefficient (Wildman–Crippen LogP) is 6.00. The monoisotopic (exact) mass is 616 g/mol. The van der Waals surface area contributed by atoms with E-state index in [1.54, 1.807) is 11.3 Å². The van der Waals surface area contributed by atoms with Crippen molar-refractivity contribution in [3.8, 4) is 17.0 Å². The molecular weight excluding hydrogens is 572 g/mol. The molecule has 0 bridgehead atoms. The Morgan fingerprint density at radius 2 is 1.89 bits per heavy atom. The van der Waals surface area contributed by atoms with Crippen LogP contribution >= 0.6 is 11.3 Å². The molecule has 6 rings (SSSR count). The molecule has 2 aliphatic carbocycles. The number of piperazine rings is 1. The topological polar surface area (TPSA) is 86.2 Å². The van der Waals surface area contributed by atoms with E-state index in [1.807, 2.05) is 13.0 Å². The molecule has 1 saturated heterocycles. The molecule has 0 radical (unpaired) electrons. The van der Waals surface area contributed by atoms with Crippen molar-refractivity contribution >= 4 is 28.3 Å². The molecule has 1 aromatic heterocycles. The first-order chi connectivity index (χ1) is 21.1. The number of carboxylic acid groups (broad SMARTS) is 1. The van der Waals surface area contributed by atoms with E-state index in [0.717, 1.165) is 85.4 Å². The van der Waals surface area contributed by atoms with Gasteiger partial charge < -0.3 is 19.6 Å². The molecule has 1 amide bonds. The molecule has 2 atom stereocenters. The average Bonchev–Trinajstić information content (AvgIpc) is 3.92. The summed E-state index contributed by atoms with van der Waals surface area (Å²) in [5.74, 6) is 0.904. The molecule has 8 nitrogen and oxygen atoms in total. The van der Waals surface area contributed by atoms with Gasteiger partial charge in [0.05, 0.1) is 11.1 Å². The van der Waals surface area contributed by atoms with Crippen molar-refractivity contribution in [2.24, 2.45) is 17.3 Å². The van der Waals surface area contributed by atoms with Crippen molar-refractivity contribution in [1.82, 2.24) is 14.8 Å². The Balaban J connectivity index is 1.08. The first-order valence-corrected chi connectivity index (χ1v) is 16.8. The number of amides is 1.